The van der Waals surface area contributed by atoms with Crippen LogP contribution in [0.3, 0.4) is 0 Å². The number of aromatic nitrogens is 2. The van der Waals surface area contributed by atoms with Gasteiger partial charge < -0.3 is 10.6 Å². The number of carbonyl (C=O) groups excluding carboxylic acids is 1. The highest BCUT2D eigenvalue weighted by atomic mass is 35.5. The van der Waals surface area contributed by atoms with Gasteiger partial charge in [-0.05, 0) is 48.0 Å². The van der Waals surface area contributed by atoms with Gasteiger partial charge in [0.25, 0.3) is 5.91 Å². The summed E-state index contributed by atoms with van der Waals surface area (Å²) >= 11 is 5.74. The SMILES string of the molecule is O=C(Nc1ccc(F)c(Cl)c1)c1cccnc1NCc1ccncc1. The van der Waals surface area contributed by atoms with E-state index in [1.807, 2.05) is 12.1 Å². The van der Waals surface area contributed by atoms with Crippen LogP contribution in [0.25, 0.3) is 0 Å². The summed E-state index contributed by atoms with van der Waals surface area (Å²) in [6, 6.07) is 11.1. The normalized spacial score (nSPS) is 10.3. The Hall–Kier alpha value is -2.99. The van der Waals surface area contributed by atoms with E-state index >= 15 is 0 Å². The van der Waals surface area contributed by atoms with Crippen LogP contribution in [-0.4, -0.2) is 15.9 Å². The van der Waals surface area contributed by atoms with Crippen LogP contribution in [0, 0.1) is 5.82 Å². The van der Waals surface area contributed by atoms with Gasteiger partial charge in [0.15, 0.2) is 0 Å². The summed E-state index contributed by atoms with van der Waals surface area (Å²) < 4.78 is 13.2. The van der Waals surface area contributed by atoms with Gasteiger partial charge in [-0.3, -0.25) is 9.78 Å². The van der Waals surface area contributed by atoms with Crippen molar-refractivity contribution in [2.45, 2.75) is 6.54 Å². The minimum atomic E-state index is -0.541. The molecule has 0 saturated heterocycles. The predicted octanol–water partition coefficient (Wildman–Crippen LogP) is 4.13. The zero-order chi connectivity index (χ0) is 17.6. The fourth-order valence-corrected chi connectivity index (χ4v) is 2.37. The molecule has 0 fully saturated rings. The topological polar surface area (TPSA) is 66.9 Å². The third-order valence-corrected chi connectivity index (χ3v) is 3.73. The van der Waals surface area contributed by atoms with Crippen LogP contribution in [0.4, 0.5) is 15.9 Å². The van der Waals surface area contributed by atoms with Crippen LogP contribution < -0.4 is 10.6 Å². The van der Waals surface area contributed by atoms with E-state index in [0.717, 1.165) is 5.56 Å². The second kappa shape index (κ2) is 7.72. The highest BCUT2D eigenvalue weighted by molar-refractivity contribution is 6.31. The molecular formula is C18H14ClFN4O. The Balaban J connectivity index is 1.75. The van der Waals surface area contributed by atoms with Crippen molar-refractivity contribution >= 4 is 29.0 Å². The number of carbonyl (C=O) groups is 1. The third-order valence-electron chi connectivity index (χ3n) is 3.44. The quantitative estimate of drug-likeness (QED) is 0.721. The molecule has 126 valence electrons. The summed E-state index contributed by atoms with van der Waals surface area (Å²) in [6.07, 6.45) is 4.99. The summed E-state index contributed by atoms with van der Waals surface area (Å²) in [7, 11) is 0. The first-order valence-electron chi connectivity index (χ1n) is 7.47. The average molecular weight is 357 g/mol. The van der Waals surface area contributed by atoms with Crippen molar-refractivity contribution < 1.29 is 9.18 Å². The molecule has 0 saturated carbocycles. The molecule has 2 heterocycles. The second-order valence-electron chi connectivity index (χ2n) is 5.19. The van der Waals surface area contributed by atoms with Crippen molar-refractivity contribution in [2.75, 3.05) is 10.6 Å². The molecule has 0 atom stereocenters. The molecule has 3 rings (SSSR count). The average Bonchev–Trinajstić information content (AvgIpc) is 2.64. The van der Waals surface area contributed by atoms with E-state index in [1.165, 1.54) is 18.2 Å². The molecule has 7 heteroatoms. The Morgan fingerprint density at radius 2 is 1.92 bits per heavy atom. The second-order valence-corrected chi connectivity index (χ2v) is 5.60. The summed E-state index contributed by atoms with van der Waals surface area (Å²) in [5, 5.41) is 5.76. The molecule has 25 heavy (non-hydrogen) atoms. The third kappa shape index (κ3) is 4.30. The molecule has 0 unspecified atom stereocenters. The highest BCUT2D eigenvalue weighted by Crippen LogP contribution is 2.21. The number of anilines is 2. The predicted molar refractivity (Wildman–Crippen MR) is 95.2 cm³/mol. The molecule has 1 amide bonds. The molecule has 0 aliphatic rings. The first-order chi connectivity index (χ1) is 12.1. The van der Waals surface area contributed by atoms with Gasteiger partial charge in [-0.15, -0.1) is 0 Å². The molecule has 2 aromatic heterocycles. The fraction of sp³-hybridized carbons (Fsp3) is 0.0556. The Morgan fingerprint density at radius 3 is 2.68 bits per heavy atom. The molecule has 5 nitrogen and oxygen atoms in total. The molecule has 0 spiro atoms. The van der Waals surface area contributed by atoms with E-state index in [0.29, 0.717) is 23.6 Å². The number of nitrogens with zero attached hydrogens (tertiary/aromatic N) is 2. The van der Waals surface area contributed by atoms with Gasteiger partial charge in [0.05, 0.1) is 10.6 Å². The summed E-state index contributed by atoms with van der Waals surface area (Å²) in [5.74, 6) is -0.459. The summed E-state index contributed by atoms with van der Waals surface area (Å²) in [5.41, 5.74) is 1.79. The van der Waals surface area contributed by atoms with Crippen molar-refractivity contribution in [3.63, 3.8) is 0 Å². The number of halogens is 2. The van der Waals surface area contributed by atoms with E-state index in [4.69, 9.17) is 11.6 Å². The number of hydrogen-bond acceptors (Lipinski definition) is 4. The zero-order valence-electron chi connectivity index (χ0n) is 13.0. The van der Waals surface area contributed by atoms with Gasteiger partial charge in [-0.2, -0.15) is 0 Å². The van der Waals surface area contributed by atoms with Crippen molar-refractivity contribution in [2.24, 2.45) is 0 Å². The Kier molecular flexibility index (Phi) is 5.20. The molecule has 2 N–H and O–H groups in total. The monoisotopic (exact) mass is 356 g/mol. The lowest BCUT2D eigenvalue weighted by Gasteiger charge is -2.11. The van der Waals surface area contributed by atoms with E-state index in [9.17, 15) is 9.18 Å². The molecule has 0 bridgehead atoms. The van der Waals surface area contributed by atoms with E-state index in [1.54, 1.807) is 30.7 Å². The lowest BCUT2D eigenvalue weighted by molar-refractivity contribution is 0.102. The molecule has 0 aliphatic heterocycles. The lowest BCUT2D eigenvalue weighted by atomic mass is 10.2. The fourth-order valence-electron chi connectivity index (χ4n) is 2.19. The van der Waals surface area contributed by atoms with Gasteiger partial charge >= 0.3 is 0 Å². The van der Waals surface area contributed by atoms with Gasteiger partial charge in [0, 0.05) is 30.8 Å². The maximum atomic E-state index is 13.2. The van der Waals surface area contributed by atoms with E-state index in [-0.39, 0.29) is 10.9 Å². The van der Waals surface area contributed by atoms with Crippen molar-refractivity contribution in [3.05, 3.63) is 83.0 Å². The largest absolute Gasteiger partial charge is 0.365 e. The van der Waals surface area contributed by atoms with Crippen LogP contribution in [0.5, 0.6) is 0 Å². The van der Waals surface area contributed by atoms with Crippen LogP contribution >= 0.6 is 11.6 Å². The van der Waals surface area contributed by atoms with Crippen molar-refractivity contribution in [1.29, 1.82) is 0 Å². The standard InChI is InChI=1S/C18H14ClFN4O/c19-15-10-13(3-4-16(15)20)24-18(25)14-2-1-7-22-17(14)23-11-12-5-8-21-9-6-12/h1-10H,11H2,(H,22,23)(H,24,25). The molecule has 0 radical (unpaired) electrons. The lowest BCUT2D eigenvalue weighted by Crippen LogP contribution is -2.15. The van der Waals surface area contributed by atoms with Crippen LogP contribution in [0.2, 0.25) is 5.02 Å². The first-order valence-corrected chi connectivity index (χ1v) is 7.85. The number of hydrogen-bond donors (Lipinski definition) is 2. The molecular weight excluding hydrogens is 343 g/mol. The van der Waals surface area contributed by atoms with Crippen molar-refractivity contribution in [1.82, 2.24) is 9.97 Å². The van der Waals surface area contributed by atoms with Crippen LogP contribution in [-0.2, 0) is 6.54 Å². The summed E-state index contributed by atoms with van der Waals surface area (Å²) in [6.45, 7) is 0.502. The molecule has 1 aromatic carbocycles. The number of amides is 1. The highest BCUT2D eigenvalue weighted by Gasteiger charge is 2.13. The minimum Gasteiger partial charge on any atom is -0.365 e. The molecule has 0 aliphatic carbocycles. The smallest absolute Gasteiger partial charge is 0.259 e. The Labute approximate surface area is 148 Å². The number of nitrogens with one attached hydrogen (secondary N) is 2. The van der Waals surface area contributed by atoms with E-state index < -0.39 is 5.82 Å². The van der Waals surface area contributed by atoms with Gasteiger partial charge in [-0.1, -0.05) is 11.6 Å². The maximum Gasteiger partial charge on any atom is 0.259 e. The first kappa shape index (κ1) is 16.9. The van der Waals surface area contributed by atoms with E-state index in [2.05, 4.69) is 20.6 Å². The van der Waals surface area contributed by atoms with Crippen LogP contribution in [0.1, 0.15) is 15.9 Å². The minimum absolute atomic E-state index is 0.0555. The van der Waals surface area contributed by atoms with Crippen LogP contribution in [0.15, 0.2) is 61.1 Å². The Bertz CT molecular complexity index is 889. The maximum absolute atomic E-state index is 13.2. The van der Waals surface area contributed by atoms with Gasteiger partial charge in [-0.25, -0.2) is 9.37 Å². The number of rotatable bonds is 5. The molecule has 3 aromatic rings. The van der Waals surface area contributed by atoms with Gasteiger partial charge in [0.1, 0.15) is 11.6 Å². The number of pyridine rings is 2. The Morgan fingerprint density at radius 1 is 1.12 bits per heavy atom. The zero-order valence-corrected chi connectivity index (χ0v) is 13.8. The number of benzene rings is 1. The summed E-state index contributed by atoms with van der Waals surface area (Å²) in [4.78, 5) is 20.7. The van der Waals surface area contributed by atoms with Gasteiger partial charge in [0.2, 0.25) is 0 Å². The van der Waals surface area contributed by atoms with Crippen molar-refractivity contribution in [3.8, 4) is 0 Å².